The van der Waals surface area contributed by atoms with Gasteiger partial charge < -0.3 is 0 Å². The molecule has 0 atom stereocenters. The number of rotatable bonds is 2. The van der Waals surface area contributed by atoms with Crippen molar-refractivity contribution >= 4 is 5.71 Å². The standard InChI is InChI=1S/C16H13F2N/c1-19-15(16(17)18)11-6-7-14-12(9-11)8-10-4-2-3-5-13(10)14/h2-7,9,16H,8H2,1H3. The van der Waals surface area contributed by atoms with E-state index < -0.39 is 6.43 Å². The smallest absolute Gasteiger partial charge is 0.280 e. The SMILES string of the molecule is CN=C(c1ccc2c(c1)Cc1ccccc1-2)C(F)F. The highest BCUT2D eigenvalue weighted by atomic mass is 19.3. The van der Waals surface area contributed by atoms with Crippen molar-refractivity contribution in [2.75, 3.05) is 7.05 Å². The fourth-order valence-electron chi connectivity index (χ4n) is 2.66. The molecule has 0 saturated carbocycles. The van der Waals surface area contributed by atoms with E-state index in [2.05, 4.69) is 17.1 Å². The van der Waals surface area contributed by atoms with Crippen molar-refractivity contribution in [1.82, 2.24) is 0 Å². The molecule has 0 N–H and O–H groups in total. The summed E-state index contributed by atoms with van der Waals surface area (Å²) in [6.07, 6.45) is -1.73. The molecule has 0 aliphatic heterocycles. The van der Waals surface area contributed by atoms with E-state index >= 15 is 0 Å². The minimum atomic E-state index is -2.54. The molecule has 0 bridgehead atoms. The molecular formula is C16H13F2N. The molecule has 0 unspecified atom stereocenters. The lowest BCUT2D eigenvalue weighted by atomic mass is 10.0. The van der Waals surface area contributed by atoms with Crippen molar-refractivity contribution in [2.24, 2.45) is 4.99 Å². The number of benzene rings is 2. The molecule has 0 heterocycles. The first-order valence-corrected chi connectivity index (χ1v) is 6.17. The second-order valence-corrected chi connectivity index (χ2v) is 4.62. The van der Waals surface area contributed by atoms with Gasteiger partial charge in [0.1, 0.15) is 5.71 Å². The van der Waals surface area contributed by atoms with Crippen LogP contribution in [0.1, 0.15) is 16.7 Å². The van der Waals surface area contributed by atoms with Gasteiger partial charge in [-0.2, -0.15) is 0 Å². The molecule has 1 nitrogen and oxygen atoms in total. The van der Waals surface area contributed by atoms with Gasteiger partial charge in [0.15, 0.2) is 0 Å². The van der Waals surface area contributed by atoms with E-state index in [1.807, 2.05) is 24.3 Å². The van der Waals surface area contributed by atoms with Crippen LogP contribution in [0.5, 0.6) is 0 Å². The van der Waals surface area contributed by atoms with Crippen LogP contribution < -0.4 is 0 Å². The highest BCUT2D eigenvalue weighted by Crippen LogP contribution is 2.36. The lowest BCUT2D eigenvalue weighted by molar-refractivity contribution is 0.226. The van der Waals surface area contributed by atoms with E-state index in [9.17, 15) is 8.78 Å². The number of nitrogens with zero attached hydrogens (tertiary/aromatic N) is 1. The molecule has 3 heteroatoms. The van der Waals surface area contributed by atoms with E-state index in [0.717, 1.165) is 17.5 Å². The van der Waals surface area contributed by atoms with Crippen molar-refractivity contribution in [3.63, 3.8) is 0 Å². The highest BCUT2D eigenvalue weighted by Gasteiger charge is 2.21. The Hall–Kier alpha value is -2.03. The first-order chi connectivity index (χ1) is 9.20. The molecule has 2 aromatic carbocycles. The summed E-state index contributed by atoms with van der Waals surface area (Å²) in [4.78, 5) is 3.70. The summed E-state index contributed by atoms with van der Waals surface area (Å²) < 4.78 is 25.7. The summed E-state index contributed by atoms with van der Waals surface area (Å²) in [5.41, 5.74) is 5.07. The Kier molecular flexibility index (Phi) is 2.90. The van der Waals surface area contributed by atoms with E-state index in [-0.39, 0.29) is 5.71 Å². The molecule has 0 radical (unpaired) electrons. The van der Waals surface area contributed by atoms with Gasteiger partial charge >= 0.3 is 0 Å². The summed E-state index contributed by atoms with van der Waals surface area (Å²) in [6, 6.07) is 13.6. The Balaban J connectivity index is 2.07. The van der Waals surface area contributed by atoms with Crippen LogP contribution in [0.2, 0.25) is 0 Å². The molecular weight excluding hydrogens is 244 g/mol. The molecule has 19 heavy (non-hydrogen) atoms. The molecule has 2 aromatic rings. The zero-order valence-corrected chi connectivity index (χ0v) is 10.5. The summed E-state index contributed by atoms with van der Waals surface area (Å²) in [5, 5.41) is 0. The summed E-state index contributed by atoms with van der Waals surface area (Å²) >= 11 is 0. The molecule has 96 valence electrons. The molecule has 1 aliphatic rings. The monoisotopic (exact) mass is 257 g/mol. The third-order valence-electron chi connectivity index (χ3n) is 3.54. The van der Waals surface area contributed by atoms with Gasteiger partial charge in [0, 0.05) is 12.6 Å². The average Bonchev–Trinajstić information content (AvgIpc) is 2.76. The number of aliphatic imine (C=N–C) groups is 1. The van der Waals surface area contributed by atoms with Crippen LogP contribution in [0.15, 0.2) is 47.5 Å². The zero-order valence-electron chi connectivity index (χ0n) is 10.5. The molecule has 0 aromatic heterocycles. The number of halogens is 2. The van der Waals surface area contributed by atoms with Crippen LogP contribution in [-0.2, 0) is 6.42 Å². The van der Waals surface area contributed by atoms with Crippen LogP contribution in [0.3, 0.4) is 0 Å². The van der Waals surface area contributed by atoms with Gasteiger partial charge in [-0.15, -0.1) is 0 Å². The lowest BCUT2D eigenvalue weighted by Gasteiger charge is -2.07. The van der Waals surface area contributed by atoms with Crippen molar-refractivity contribution in [3.8, 4) is 11.1 Å². The second kappa shape index (κ2) is 4.57. The third kappa shape index (κ3) is 1.95. The van der Waals surface area contributed by atoms with Crippen LogP contribution in [0.4, 0.5) is 8.78 Å². The maximum atomic E-state index is 12.9. The zero-order chi connectivity index (χ0) is 13.4. The number of hydrogen-bond donors (Lipinski definition) is 0. The fourth-order valence-corrected chi connectivity index (χ4v) is 2.66. The Bertz CT molecular complexity index is 660. The number of alkyl halides is 2. The van der Waals surface area contributed by atoms with Gasteiger partial charge in [-0.1, -0.05) is 36.4 Å². The predicted molar refractivity (Wildman–Crippen MR) is 73.1 cm³/mol. The average molecular weight is 257 g/mol. The molecule has 0 fully saturated rings. The second-order valence-electron chi connectivity index (χ2n) is 4.62. The Morgan fingerprint density at radius 3 is 2.53 bits per heavy atom. The summed E-state index contributed by atoms with van der Waals surface area (Å²) in [5.74, 6) is 0. The van der Waals surface area contributed by atoms with E-state index in [4.69, 9.17) is 0 Å². The largest absolute Gasteiger partial charge is 0.286 e. The Morgan fingerprint density at radius 1 is 1.05 bits per heavy atom. The molecule has 0 spiro atoms. The van der Waals surface area contributed by atoms with E-state index in [0.29, 0.717) is 5.56 Å². The molecule has 0 amide bonds. The third-order valence-corrected chi connectivity index (χ3v) is 3.54. The molecule has 3 rings (SSSR count). The minimum absolute atomic E-state index is 0.140. The maximum Gasteiger partial charge on any atom is 0.280 e. The van der Waals surface area contributed by atoms with Crippen LogP contribution >= 0.6 is 0 Å². The van der Waals surface area contributed by atoms with Crippen molar-refractivity contribution < 1.29 is 8.78 Å². The highest BCUT2D eigenvalue weighted by molar-refractivity contribution is 6.03. The quantitative estimate of drug-likeness (QED) is 0.616. The van der Waals surface area contributed by atoms with Crippen molar-refractivity contribution in [3.05, 3.63) is 59.2 Å². The van der Waals surface area contributed by atoms with Crippen LogP contribution in [0.25, 0.3) is 11.1 Å². The fraction of sp³-hybridized carbons (Fsp3) is 0.188. The van der Waals surface area contributed by atoms with Gasteiger partial charge in [-0.05, 0) is 34.7 Å². The van der Waals surface area contributed by atoms with Gasteiger partial charge in [-0.25, -0.2) is 8.78 Å². The lowest BCUT2D eigenvalue weighted by Crippen LogP contribution is -2.12. The van der Waals surface area contributed by atoms with Crippen molar-refractivity contribution in [2.45, 2.75) is 12.8 Å². The normalized spacial score (nSPS) is 13.6. The van der Waals surface area contributed by atoms with Gasteiger partial charge in [0.2, 0.25) is 0 Å². The number of fused-ring (bicyclic) bond motifs is 3. The summed E-state index contributed by atoms with van der Waals surface area (Å²) in [6.45, 7) is 0. The van der Waals surface area contributed by atoms with Gasteiger partial charge in [0.05, 0.1) is 0 Å². The summed E-state index contributed by atoms with van der Waals surface area (Å²) in [7, 11) is 1.41. The van der Waals surface area contributed by atoms with E-state index in [1.165, 1.54) is 18.2 Å². The van der Waals surface area contributed by atoms with Gasteiger partial charge in [-0.3, -0.25) is 4.99 Å². The van der Waals surface area contributed by atoms with E-state index in [1.54, 1.807) is 6.07 Å². The number of hydrogen-bond acceptors (Lipinski definition) is 1. The molecule has 0 saturated heterocycles. The van der Waals surface area contributed by atoms with Crippen LogP contribution in [0, 0.1) is 0 Å². The van der Waals surface area contributed by atoms with Crippen LogP contribution in [-0.4, -0.2) is 19.2 Å². The first-order valence-electron chi connectivity index (χ1n) is 6.17. The topological polar surface area (TPSA) is 12.4 Å². The first kappa shape index (κ1) is 12.0. The Morgan fingerprint density at radius 2 is 1.79 bits per heavy atom. The van der Waals surface area contributed by atoms with Crippen molar-refractivity contribution in [1.29, 1.82) is 0 Å². The maximum absolute atomic E-state index is 12.9. The van der Waals surface area contributed by atoms with Gasteiger partial charge in [0.25, 0.3) is 6.43 Å². The Labute approximate surface area is 110 Å². The predicted octanol–water partition coefficient (Wildman–Crippen LogP) is 3.94. The molecule has 1 aliphatic carbocycles. The minimum Gasteiger partial charge on any atom is -0.286 e.